The van der Waals surface area contributed by atoms with Gasteiger partial charge in [-0.15, -0.1) is 0 Å². The standard InChI is InChI=1S/C13H26N2O3/c1-9(2)7-17-8-10(3)14-13(16)15-12-5-6-18-11(12)4/h9-12H,5-8H2,1-4H3,(H2,14,15,16)/t10-,11+,12+/m0/s1. The predicted octanol–water partition coefficient (Wildman–Crippen LogP) is 1.52. The molecule has 0 saturated carbocycles. The van der Waals surface area contributed by atoms with Crippen molar-refractivity contribution in [1.82, 2.24) is 10.6 Å². The van der Waals surface area contributed by atoms with E-state index in [2.05, 4.69) is 24.5 Å². The van der Waals surface area contributed by atoms with Gasteiger partial charge >= 0.3 is 6.03 Å². The third kappa shape index (κ3) is 5.69. The number of urea groups is 1. The second-order valence-corrected chi connectivity index (χ2v) is 5.42. The molecule has 0 bridgehead atoms. The molecule has 0 aliphatic carbocycles. The van der Waals surface area contributed by atoms with E-state index in [1.54, 1.807) is 0 Å². The zero-order valence-corrected chi connectivity index (χ0v) is 11.9. The van der Waals surface area contributed by atoms with Gasteiger partial charge in [0.2, 0.25) is 0 Å². The third-order valence-electron chi connectivity index (χ3n) is 2.89. The Labute approximate surface area is 110 Å². The van der Waals surface area contributed by atoms with Gasteiger partial charge in [0, 0.05) is 13.2 Å². The van der Waals surface area contributed by atoms with Crippen molar-refractivity contribution >= 4 is 6.03 Å². The average molecular weight is 258 g/mol. The quantitative estimate of drug-likeness (QED) is 0.759. The molecule has 1 aliphatic rings. The van der Waals surface area contributed by atoms with E-state index in [1.807, 2.05) is 13.8 Å². The van der Waals surface area contributed by atoms with Gasteiger partial charge in [-0.3, -0.25) is 0 Å². The molecule has 3 atom stereocenters. The summed E-state index contributed by atoms with van der Waals surface area (Å²) in [6.07, 6.45) is 0.982. The highest BCUT2D eigenvalue weighted by Crippen LogP contribution is 2.12. The first kappa shape index (κ1) is 15.2. The van der Waals surface area contributed by atoms with Gasteiger partial charge in [-0.25, -0.2) is 4.79 Å². The van der Waals surface area contributed by atoms with Crippen molar-refractivity contribution in [2.45, 2.75) is 52.3 Å². The van der Waals surface area contributed by atoms with Crippen molar-refractivity contribution in [2.75, 3.05) is 19.8 Å². The van der Waals surface area contributed by atoms with E-state index in [-0.39, 0.29) is 24.2 Å². The Bertz CT molecular complexity index is 259. The lowest BCUT2D eigenvalue weighted by atomic mass is 10.2. The summed E-state index contributed by atoms with van der Waals surface area (Å²) < 4.78 is 10.9. The van der Waals surface area contributed by atoms with Crippen LogP contribution in [0.15, 0.2) is 0 Å². The van der Waals surface area contributed by atoms with E-state index < -0.39 is 0 Å². The van der Waals surface area contributed by atoms with Crippen LogP contribution in [0.3, 0.4) is 0 Å². The van der Waals surface area contributed by atoms with Gasteiger partial charge in [0.25, 0.3) is 0 Å². The van der Waals surface area contributed by atoms with Crippen molar-refractivity contribution in [3.05, 3.63) is 0 Å². The first-order valence-electron chi connectivity index (χ1n) is 6.75. The number of carbonyl (C=O) groups is 1. The predicted molar refractivity (Wildman–Crippen MR) is 70.6 cm³/mol. The minimum atomic E-state index is -0.141. The highest BCUT2D eigenvalue weighted by atomic mass is 16.5. The summed E-state index contributed by atoms with van der Waals surface area (Å²) >= 11 is 0. The highest BCUT2D eigenvalue weighted by molar-refractivity contribution is 5.74. The first-order chi connectivity index (χ1) is 8.49. The van der Waals surface area contributed by atoms with E-state index in [9.17, 15) is 4.79 Å². The van der Waals surface area contributed by atoms with Crippen molar-refractivity contribution in [1.29, 1.82) is 0 Å². The Morgan fingerprint density at radius 1 is 1.39 bits per heavy atom. The van der Waals surface area contributed by atoms with Gasteiger partial charge in [-0.05, 0) is 26.2 Å². The second kappa shape index (κ2) is 7.59. The number of amides is 2. The van der Waals surface area contributed by atoms with Crippen LogP contribution in [0.1, 0.15) is 34.1 Å². The Morgan fingerprint density at radius 3 is 2.67 bits per heavy atom. The molecular weight excluding hydrogens is 232 g/mol. The zero-order chi connectivity index (χ0) is 13.5. The summed E-state index contributed by atoms with van der Waals surface area (Å²) in [5.41, 5.74) is 0. The molecule has 0 spiro atoms. The van der Waals surface area contributed by atoms with Gasteiger partial charge in [-0.1, -0.05) is 13.8 Å². The molecule has 0 aromatic rings. The molecule has 1 saturated heterocycles. The number of hydrogen-bond acceptors (Lipinski definition) is 3. The molecule has 1 aliphatic heterocycles. The van der Waals surface area contributed by atoms with Crippen LogP contribution in [0, 0.1) is 5.92 Å². The molecule has 1 rings (SSSR count). The number of hydrogen-bond donors (Lipinski definition) is 2. The van der Waals surface area contributed by atoms with Gasteiger partial charge in [-0.2, -0.15) is 0 Å². The summed E-state index contributed by atoms with van der Waals surface area (Å²) in [5.74, 6) is 0.516. The molecule has 0 aromatic heterocycles. The average Bonchev–Trinajstić information content (AvgIpc) is 2.63. The number of carbonyl (C=O) groups excluding carboxylic acids is 1. The topological polar surface area (TPSA) is 59.6 Å². The van der Waals surface area contributed by atoms with Crippen molar-refractivity contribution < 1.29 is 14.3 Å². The lowest BCUT2D eigenvalue weighted by molar-refractivity contribution is 0.0943. The molecule has 1 fully saturated rings. The maximum atomic E-state index is 11.7. The Kier molecular flexibility index (Phi) is 6.43. The summed E-state index contributed by atoms with van der Waals surface area (Å²) in [6.45, 7) is 10.1. The molecule has 2 amide bonds. The van der Waals surface area contributed by atoms with Crippen LogP contribution in [0.5, 0.6) is 0 Å². The zero-order valence-electron chi connectivity index (χ0n) is 11.9. The smallest absolute Gasteiger partial charge is 0.315 e. The summed E-state index contributed by atoms with van der Waals surface area (Å²) in [5, 5.41) is 5.80. The van der Waals surface area contributed by atoms with Crippen LogP contribution >= 0.6 is 0 Å². The number of ether oxygens (including phenoxy) is 2. The summed E-state index contributed by atoms with van der Waals surface area (Å²) in [7, 11) is 0. The molecule has 18 heavy (non-hydrogen) atoms. The van der Waals surface area contributed by atoms with Crippen LogP contribution in [0.25, 0.3) is 0 Å². The summed E-state index contributed by atoms with van der Waals surface area (Å²) in [6, 6.07) is -0.00634. The molecule has 0 aromatic carbocycles. The Morgan fingerprint density at radius 2 is 2.11 bits per heavy atom. The largest absolute Gasteiger partial charge is 0.379 e. The minimum absolute atomic E-state index is 0.0152. The van der Waals surface area contributed by atoms with Crippen LogP contribution in [0.2, 0.25) is 0 Å². The van der Waals surface area contributed by atoms with Gasteiger partial charge in [0.15, 0.2) is 0 Å². The lowest BCUT2D eigenvalue weighted by Crippen LogP contribution is -2.48. The maximum Gasteiger partial charge on any atom is 0.315 e. The maximum absolute atomic E-state index is 11.7. The van der Waals surface area contributed by atoms with E-state index in [1.165, 1.54) is 0 Å². The molecular formula is C13H26N2O3. The monoisotopic (exact) mass is 258 g/mol. The fourth-order valence-corrected chi connectivity index (χ4v) is 1.88. The lowest BCUT2D eigenvalue weighted by Gasteiger charge is -2.19. The van der Waals surface area contributed by atoms with Crippen LogP contribution < -0.4 is 10.6 Å². The molecule has 5 nitrogen and oxygen atoms in total. The SMILES string of the molecule is CC(C)COC[C@H](C)NC(=O)N[C@@H]1CCO[C@@H]1C. The van der Waals surface area contributed by atoms with Gasteiger partial charge in [0.05, 0.1) is 24.8 Å². The fourth-order valence-electron chi connectivity index (χ4n) is 1.88. The molecule has 106 valence electrons. The fraction of sp³-hybridized carbons (Fsp3) is 0.923. The third-order valence-corrected chi connectivity index (χ3v) is 2.89. The number of nitrogens with one attached hydrogen (secondary N) is 2. The van der Waals surface area contributed by atoms with Crippen molar-refractivity contribution in [2.24, 2.45) is 5.92 Å². The van der Waals surface area contributed by atoms with E-state index in [0.29, 0.717) is 12.5 Å². The summed E-state index contributed by atoms with van der Waals surface area (Å²) in [4.78, 5) is 11.7. The first-order valence-corrected chi connectivity index (χ1v) is 6.75. The second-order valence-electron chi connectivity index (χ2n) is 5.42. The van der Waals surface area contributed by atoms with E-state index in [0.717, 1.165) is 19.6 Å². The Hall–Kier alpha value is -0.810. The molecule has 0 unspecified atom stereocenters. The molecule has 5 heteroatoms. The van der Waals surface area contributed by atoms with Gasteiger partial charge in [0.1, 0.15) is 0 Å². The molecule has 2 N–H and O–H groups in total. The Balaban J connectivity index is 2.14. The molecule has 1 heterocycles. The minimum Gasteiger partial charge on any atom is -0.379 e. The van der Waals surface area contributed by atoms with E-state index >= 15 is 0 Å². The van der Waals surface area contributed by atoms with Crippen LogP contribution in [-0.2, 0) is 9.47 Å². The van der Waals surface area contributed by atoms with Crippen molar-refractivity contribution in [3.8, 4) is 0 Å². The van der Waals surface area contributed by atoms with Gasteiger partial charge < -0.3 is 20.1 Å². The van der Waals surface area contributed by atoms with Crippen LogP contribution in [0.4, 0.5) is 4.79 Å². The van der Waals surface area contributed by atoms with E-state index in [4.69, 9.17) is 9.47 Å². The van der Waals surface area contributed by atoms with Crippen molar-refractivity contribution in [3.63, 3.8) is 0 Å². The normalized spacial score (nSPS) is 25.2. The highest BCUT2D eigenvalue weighted by Gasteiger charge is 2.25. The number of rotatable bonds is 6. The van der Waals surface area contributed by atoms with Crippen LogP contribution in [-0.4, -0.2) is 44.0 Å². The molecule has 0 radical (unpaired) electrons.